The number of carboxylic acid groups (broad SMARTS) is 1. The van der Waals surface area contributed by atoms with Crippen molar-refractivity contribution in [3.05, 3.63) is 93.8 Å². The van der Waals surface area contributed by atoms with Crippen molar-refractivity contribution in [3.8, 4) is 11.3 Å². The van der Waals surface area contributed by atoms with Crippen LogP contribution in [0.3, 0.4) is 0 Å². The Labute approximate surface area is 195 Å². The minimum atomic E-state index is -4.60. The van der Waals surface area contributed by atoms with Crippen LogP contribution in [0.2, 0.25) is 5.02 Å². The molecular formula is C22H17ClF3N5O3. The summed E-state index contributed by atoms with van der Waals surface area (Å²) in [6, 6.07) is 13.1. The van der Waals surface area contributed by atoms with Gasteiger partial charge in [0.15, 0.2) is 5.70 Å². The number of anilines is 1. The normalized spacial score (nSPS) is 14.5. The quantitative estimate of drug-likeness (QED) is 0.484. The van der Waals surface area contributed by atoms with E-state index in [1.165, 1.54) is 18.2 Å². The number of carbonyl (C=O) groups is 1. The molecule has 0 bridgehead atoms. The van der Waals surface area contributed by atoms with Crippen molar-refractivity contribution in [1.82, 2.24) is 20.5 Å². The topological polar surface area (TPSA) is 99.5 Å². The lowest BCUT2D eigenvalue weighted by Gasteiger charge is -2.20. The molecule has 1 aliphatic rings. The van der Waals surface area contributed by atoms with Crippen LogP contribution < -0.4 is 21.5 Å². The first kappa shape index (κ1) is 23.3. The number of aromatic nitrogens is 2. The van der Waals surface area contributed by atoms with Crippen molar-refractivity contribution in [1.29, 1.82) is 0 Å². The van der Waals surface area contributed by atoms with Crippen molar-refractivity contribution in [2.75, 3.05) is 5.01 Å². The Morgan fingerprint density at radius 3 is 2.50 bits per heavy atom. The van der Waals surface area contributed by atoms with Crippen LogP contribution in [-0.4, -0.2) is 26.8 Å². The van der Waals surface area contributed by atoms with E-state index >= 15 is 0 Å². The second-order valence-electron chi connectivity index (χ2n) is 7.37. The molecule has 0 amide bonds. The molecule has 0 spiro atoms. The average Bonchev–Trinajstić information content (AvgIpc) is 3.29. The van der Waals surface area contributed by atoms with Crippen LogP contribution in [0, 0.1) is 0 Å². The Bertz CT molecular complexity index is 1310. The van der Waals surface area contributed by atoms with E-state index in [9.17, 15) is 27.9 Å². The summed E-state index contributed by atoms with van der Waals surface area (Å²) in [4.78, 5) is 29.0. The number of halogens is 4. The Hall–Kier alpha value is -3.83. The van der Waals surface area contributed by atoms with E-state index in [-0.39, 0.29) is 28.4 Å². The molecule has 3 aromatic rings. The second kappa shape index (κ2) is 9.20. The van der Waals surface area contributed by atoms with Crippen molar-refractivity contribution in [2.45, 2.75) is 18.6 Å². The van der Waals surface area contributed by atoms with Crippen molar-refractivity contribution in [2.24, 2.45) is 0 Å². The molecule has 2 heterocycles. The number of aliphatic carboxylic acids is 1. The maximum Gasteiger partial charge on any atom is 0.433 e. The number of nitrogens with one attached hydrogen (secondary N) is 2. The van der Waals surface area contributed by atoms with E-state index in [4.69, 9.17) is 11.6 Å². The molecule has 0 saturated carbocycles. The summed E-state index contributed by atoms with van der Waals surface area (Å²) < 4.78 is 40.0. The number of hydrazine groups is 2. The van der Waals surface area contributed by atoms with Crippen molar-refractivity contribution in [3.63, 3.8) is 0 Å². The monoisotopic (exact) mass is 491 g/mol. The molecule has 8 nitrogen and oxygen atoms in total. The summed E-state index contributed by atoms with van der Waals surface area (Å²) in [5.41, 5.74) is 4.10. The van der Waals surface area contributed by atoms with Gasteiger partial charge in [-0.25, -0.2) is 9.78 Å². The largest absolute Gasteiger partial charge is 0.480 e. The molecule has 176 valence electrons. The fourth-order valence-electron chi connectivity index (χ4n) is 3.44. The Kier molecular flexibility index (Phi) is 6.31. The van der Waals surface area contributed by atoms with Gasteiger partial charge in [-0.1, -0.05) is 41.9 Å². The number of hydrogen-bond acceptors (Lipinski definition) is 6. The molecule has 0 unspecified atom stereocenters. The molecule has 0 aliphatic carbocycles. The zero-order valence-electron chi connectivity index (χ0n) is 17.3. The molecule has 4 rings (SSSR count). The molecular weight excluding hydrogens is 475 g/mol. The SMILES string of the molecule is O=C(O)[C@H](Cc1ccccc1)n1cnc(-c2cc(Cl)ccc2N2C=C(C(F)(F)F)NN2)cc1=O. The van der Waals surface area contributed by atoms with Gasteiger partial charge in [-0.2, -0.15) is 13.2 Å². The van der Waals surface area contributed by atoms with E-state index in [0.717, 1.165) is 33.7 Å². The van der Waals surface area contributed by atoms with Gasteiger partial charge in [0.25, 0.3) is 5.56 Å². The van der Waals surface area contributed by atoms with Crippen LogP contribution in [-0.2, 0) is 11.2 Å². The van der Waals surface area contributed by atoms with E-state index in [2.05, 4.69) is 10.5 Å². The Balaban J connectivity index is 1.71. The number of hydrogen-bond donors (Lipinski definition) is 3. The summed E-state index contributed by atoms with van der Waals surface area (Å²) in [6.45, 7) is 0. The van der Waals surface area contributed by atoms with Crippen LogP contribution >= 0.6 is 11.6 Å². The molecule has 1 atom stereocenters. The number of allylic oxidation sites excluding steroid dienone is 1. The van der Waals surface area contributed by atoms with Crippen LogP contribution in [0.1, 0.15) is 11.6 Å². The highest BCUT2D eigenvalue weighted by Gasteiger charge is 2.37. The van der Waals surface area contributed by atoms with Crippen molar-refractivity contribution < 1.29 is 23.1 Å². The Morgan fingerprint density at radius 1 is 1.15 bits per heavy atom. The molecule has 34 heavy (non-hydrogen) atoms. The average molecular weight is 492 g/mol. The van der Waals surface area contributed by atoms with Gasteiger partial charge in [-0.15, -0.1) is 5.53 Å². The molecule has 3 N–H and O–H groups in total. The minimum Gasteiger partial charge on any atom is -0.480 e. The summed E-state index contributed by atoms with van der Waals surface area (Å²) in [7, 11) is 0. The van der Waals surface area contributed by atoms with Crippen LogP contribution in [0.25, 0.3) is 11.3 Å². The molecule has 0 fully saturated rings. The first-order valence-corrected chi connectivity index (χ1v) is 10.3. The molecule has 2 aromatic carbocycles. The molecule has 0 saturated heterocycles. The zero-order chi connectivity index (χ0) is 24.5. The number of nitrogens with zero attached hydrogens (tertiary/aromatic N) is 3. The van der Waals surface area contributed by atoms with E-state index in [0.29, 0.717) is 0 Å². The van der Waals surface area contributed by atoms with Gasteiger partial charge in [0, 0.05) is 23.1 Å². The summed E-state index contributed by atoms with van der Waals surface area (Å²) in [6.07, 6.45) is -2.61. The predicted molar refractivity (Wildman–Crippen MR) is 119 cm³/mol. The highest BCUT2D eigenvalue weighted by molar-refractivity contribution is 6.31. The minimum absolute atomic E-state index is 0.0634. The standard InChI is InChI=1S/C22H17ClF3N5O3/c23-14-6-7-17(31-11-19(28-29-31)22(24,25)26)15(9-14)16-10-20(32)30(12-27-16)18(21(33)34)8-13-4-2-1-3-5-13/h1-7,9-12,18,28-29H,8H2,(H,33,34)/t18-/m0/s1. The number of benzene rings is 2. The van der Waals surface area contributed by atoms with Crippen LogP contribution in [0.15, 0.2) is 77.6 Å². The van der Waals surface area contributed by atoms with Gasteiger partial charge in [-0.05, 0) is 23.8 Å². The lowest BCUT2D eigenvalue weighted by molar-refractivity contribution is -0.141. The van der Waals surface area contributed by atoms with Gasteiger partial charge in [0.1, 0.15) is 6.04 Å². The molecule has 1 aliphatic heterocycles. The number of alkyl halides is 3. The third-order valence-corrected chi connectivity index (χ3v) is 5.33. The van der Waals surface area contributed by atoms with Gasteiger partial charge >= 0.3 is 12.1 Å². The maximum atomic E-state index is 13.0. The first-order valence-electron chi connectivity index (χ1n) is 9.88. The smallest absolute Gasteiger partial charge is 0.433 e. The lowest BCUT2D eigenvalue weighted by Crippen LogP contribution is -2.38. The van der Waals surface area contributed by atoms with Crippen molar-refractivity contribution >= 4 is 23.3 Å². The Morgan fingerprint density at radius 2 is 1.88 bits per heavy atom. The third-order valence-electron chi connectivity index (χ3n) is 5.10. The highest BCUT2D eigenvalue weighted by Crippen LogP contribution is 2.34. The zero-order valence-corrected chi connectivity index (χ0v) is 18.0. The maximum absolute atomic E-state index is 13.0. The highest BCUT2D eigenvalue weighted by atomic mass is 35.5. The summed E-state index contributed by atoms with van der Waals surface area (Å²) in [5.74, 6) is -1.21. The predicted octanol–water partition coefficient (Wildman–Crippen LogP) is 3.67. The van der Waals surface area contributed by atoms with E-state index in [1.54, 1.807) is 30.3 Å². The second-order valence-corrected chi connectivity index (χ2v) is 7.81. The fraction of sp³-hybridized carbons (Fsp3) is 0.136. The summed E-state index contributed by atoms with van der Waals surface area (Å²) in [5, 5.41) is 11.0. The fourth-order valence-corrected chi connectivity index (χ4v) is 3.62. The first-order chi connectivity index (χ1) is 16.1. The summed E-state index contributed by atoms with van der Waals surface area (Å²) >= 11 is 6.09. The molecule has 0 radical (unpaired) electrons. The molecule has 1 aromatic heterocycles. The number of rotatable bonds is 6. The van der Waals surface area contributed by atoms with Crippen LogP contribution in [0.5, 0.6) is 0 Å². The van der Waals surface area contributed by atoms with E-state index in [1.807, 2.05) is 5.43 Å². The third kappa shape index (κ3) is 4.90. The molecule has 12 heteroatoms. The lowest BCUT2D eigenvalue weighted by atomic mass is 10.1. The van der Waals surface area contributed by atoms with Gasteiger partial charge in [-0.3, -0.25) is 19.8 Å². The number of carboxylic acids is 1. The van der Waals surface area contributed by atoms with E-state index < -0.39 is 29.4 Å². The van der Waals surface area contributed by atoms with Gasteiger partial charge in [0.2, 0.25) is 0 Å². The van der Waals surface area contributed by atoms with Crippen LogP contribution in [0.4, 0.5) is 18.9 Å². The van der Waals surface area contributed by atoms with Gasteiger partial charge in [0.05, 0.1) is 23.9 Å². The van der Waals surface area contributed by atoms with Gasteiger partial charge < -0.3 is 5.11 Å².